The first-order chi connectivity index (χ1) is 12.2. The van der Waals surface area contributed by atoms with E-state index in [1.54, 1.807) is 29.7 Å². The Balaban J connectivity index is 2.11. The van der Waals surface area contributed by atoms with Gasteiger partial charge in [0.15, 0.2) is 0 Å². The summed E-state index contributed by atoms with van der Waals surface area (Å²) in [4.78, 5) is 37.9. The number of hydrogen-bond donors (Lipinski definition) is 2. The van der Waals surface area contributed by atoms with Crippen LogP contribution in [0, 0.1) is 6.92 Å². The van der Waals surface area contributed by atoms with Gasteiger partial charge in [-0.25, -0.2) is 4.79 Å². The molecule has 0 aliphatic rings. The molecule has 0 unspecified atom stereocenters. The van der Waals surface area contributed by atoms with Crippen molar-refractivity contribution in [1.29, 1.82) is 0 Å². The van der Waals surface area contributed by atoms with E-state index >= 15 is 0 Å². The quantitative estimate of drug-likeness (QED) is 0.685. The third-order valence-electron chi connectivity index (χ3n) is 3.64. The molecule has 0 aromatic carbocycles. The number of primary amides is 1. The normalized spacial score (nSPS) is 10.8. The van der Waals surface area contributed by atoms with Crippen LogP contribution < -0.4 is 11.1 Å². The SMILES string of the molecule is COC(=O)c1c(NC(=O)CN(C)Cc2cnn(C)c2)sc(C(N)=O)c1C. The van der Waals surface area contributed by atoms with Gasteiger partial charge in [-0.1, -0.05) is 0 Å². The van der Waals surface area contributed by atoms with Gasteiger partial charge in [0.2, 0.25) is 5.91 Å². The van der Waals surface area contributed by atoms with Crippen molar-refractivity contribution in [3.8, 4) is 0 Å². The molecule has 0 aliphatic carbocycles. The molecule has 0 bridgehead atoms. The number of ether oxygens (including phenoxy) is 1. The van der Waals surface area contributed by atoms with E-state index in [2.05, 4.69) is 10.4 Å². The van der Waals surface area contributed by atoms with E-state index in [0.29, 0.717) is 12.1 Å². The van der Waals surface area contributed by atoms with Crippen molar-refractivity contribution in [3.05, 3.63) is 34.0 Å². The number of anilines is 1. The Morgan fingerprint density at radius 2 is 2.12 bits per heavy atom. The van der Waals surface area contributed by atoms with Gasteiger partial charge in [-0.15, -0.1) is 11.3 Å². The standard InChI is InChI=1S/C16H21N5O4S/c1-9-12(16(24)25-4)15(26-13(9)14(17)23)19-11(22)8-20(2)6-10-5-18-21(3)7-10/h5,7H,6,8H2,1-4H3,(H2,17,23)(H,19,22). The number of carbonyl (C=O) groups is 3. The number of rotatable bonds is 7. The predicted octanol–water partition coefficient (Wildman–Crippen LogP) is 0.746. The van der Waals surface area contributed by atoms with Gasteiger partial charge in [-0.2, -0.15) is 5.10 Å². The molecule has 9 nitrogen and oxygen atoms in total. The molecule has 10 heteroatoms. The molecule has 0 atom stereocenters. The largest absolute Gasteiger partial charge is 0.465 e. The maximum Gasteiger partial charge on any atom is 0.341 e. The number of aryl methyl sites for hydroxylation is 1. The fraction of sp³-hybridized carbons (Fsp3) is 0.375. The highest BCUT2D eigenvalue weighted by Crippen LogP contribution is 2.33. The minimum atomic E-state index is -0.660. The smallest absolute Gasteiger partial charge is 0.341 e. The Morgan fingerprint density at radius 1 is 1.42 bits per heavy atom. The second-order valence-corrected chi connectivity index (χ2v) is 6.88. The third-order valence-corrected chi connectivity index (χ3v) is 4.86. The lowest BCUT2D eigenvalue weighted by atomic mass is 10.1. The van der Waals surface area contributed by atoms with Crippen molar-refractivity contribution in [2.45, 2.75) is 13.5 Å². The monoisotopic (exact) mass is 379 g/mol. The van der Waals surface area contributed by atoms with E-state index in [9.17, 15) is 14.4 Å². The number of hydrogen-bond acceptors (Lipinski definition) is 7. The highest BCUT2D eigenvalue weighted by Gasteiger charge is 2.25. The van der Waals surface area contributed by atoms with Crippen molar-refractivity contribution in [2.24, 2.45) is 12.8 Å². The van der Waals surface area contributed by atoms with Gasteiger partial charge >= 0.3 is 5.97 Å². The van der Waals surface area contributed by atoms with Crippen LogP contribution in [-0.2, 0) is 23.1 Å². The van der Waals surface area contributed by atoms with Crippen LogP contribution in [-0.4, -0.2) is 53.2 Å². The topological polar surface area (TPSA) is 120 Å². The van der Waals surface area contributed by atoms with Crippen molar-refractivity contribution >= 4 is 34.1 Å². The average molecular weight is 379 g/mol. The molecule has 0 saturated heterocycles. The Hall–Kier alpha value is -2.72. The molecule has 2 aromatic rings. The summed E-state index contributed by atoms with van der Waals surface area (Å²) in [6.07, 6.45) is 3.59. The summed E-state index contributed by atoms with van der Waals surface area (Å²) in [7, 11) is 4.85. The second kappa shape index (κ2) is 8.11. The summed E-state index contributed by atoms with van der Waals surface area (Å²) < 4.78 is 6.43. The fourth-order valence-electron chi connectivity index (χ4n) is 2.52. The lowest BCUT2D eigenvalue weighted by Gasteiger charge is -2.15. The van der Waals surface area contributed by atoms with E-state index in [1.807, 2.05) is 13.2 Å². The van der Waals surface area contributed by atoms with Gasteiger partial charge < -0.3 is 15.8 Å². The van der Waals surface area contributed by atoms with Crippen LogP contribution >= 0.6 is 11.3 Å². The van der Waals surface area contributed by atoms with Crippen LogP contribution in [0.4, 0.5) is 5.00 Å². The molecule has 2 aromatic heterocycles. The number of esters is 1. The number of carbonyl (C=O) groups excluding carboxylic acids is 3. The first kappa shape index (κ1) is 19.6. The Kier molecular flexibility index (Phi) is 6.11. The Morgan fingerprint density at radius 3 is 2.65 bits per heavy atom. The van der Waals surface area contributed by atoms with E-state index in [4.69, 9.17) is 10.5 Å². The second-order valence-electron chi connectivity index (χ2n) is 5.86. The molecule has 2 rings (SSSR count). The molecule has 26 heavy (non-hydrogen) atoms. The van der Waals surface area contributed by atoms with Gasteiger partial charge in [-0.3, -0.25) is 19.2 Å². The summed E-state index contributed by atoms with van der Waals surface area (Å²) in [5.74, 6) is -1.61. The molecule has 2 heterocycles. The van der Waals surface area contributed by atoms with E-state index < -0.39 is 11.9 Å². The lowest BCUT2D eigenvalue weighted by molar-refractivity contribution is -0.117. The van der Waals surface area contributed by atoms with Crippen LogP contribution in [0.5, 0.6) is 0 Å². The molecule has 0 fully saturated rings. The van der Waals surface area contributed by atoms with Crippen molar-refractivity contribution in [2.75, 3.05) is 26.0 Å². The maximum absolute atomic E-state index is 12.3. The van der Waals surface area contributed by atoms with Gasteiger partial charge in [0.05, 0.1) is 30.3 Å². The molecule has 0 aliphatic heterocycles. The number of thiophene rings is 1. The summed E-state index contributed by atoms with van der Waals surface area (Å²) in [6, 6.07) is 0. The van der Waals surface area contributed by atoms with Crippen molar-refractivity contribution in [1.82, 2.24) is 14.7 Å². The van der Waals surface area contributed by atoms with Gasteiger partial charge in [0.1, 0.15) is 5.00 Å². The average Bonchev–Trinajstić information content (AvgIpc) is 3.09. The fourth-order valence-corrected chi connectivity index (χ4v) is 3.58. The number of nitrogens with one attached hydrogen (secondary N) is 1. The molecule has 2 amide bonds. The Labute approximate surface area is 154 Å². The zero-order valence-corrected chi connectivity index (χ0v) is 15.8. The van der Waals surface area contributed by atoms with Gasteiger partial charge in [0.25, 0.3) is 5.91 Å². The number of methoxy groups -OCH3 is 1. The maximum atomic E-state index is 12.3. The summed E-state index contributed by atoms with van der Waals surface area (Å²) in [5.41, 5.74) is 6.85. The molecule has 140 valence electrons. The van der Waals surface area contributed by atoms with Crippen LogP contribution in [0.25, 0.3) is 0 Å². The Bertz CT molecular complexity index is 842. The third kappa shape index (κ3) is 4.46. The highest BCUT2D eigenvalue weighted by molar-refractivity contribution is 7.18. The number of nitrogens with two attached hydrogens (primary N) is 1. The van der Waals surface area contributed by atoms with Crippen molar-refractivity contribution < 1.29 is 19.1 Å². The molecule has 0 radical (unpaired) electrons. The van der Waals surface area contributed by atoms with Crippen LogP contribution in [0.2, 0.25) is 0 Å². The number of amides is 2. The van der Waals surface area contributed by atoms with Crippen LogP contribution in [0.1, 0.15) is 31.2 Å². The molecule has 0 spiro atoms. The summed E-state index contributed by atoms with van der Waals surface area (Å²) >= 11 is 0.961. The van der Waals surface area contributed by atoms with Crippen LogP contribution in [0.3, 0.4) is 0 Å². The minimum absolute atomic E-state index is 0.0956. The van der Waals surface area contributed by atoms with Crippen molar-refractivity contribution in [3.63, 3.8) is 0 Å². The van der Waals surface area contributed by atoms with Gasteiger partial charge in [-0.05, 0) is 19.5 Å². The van der Waals surface area contributed by atoms with E-state index in [1.165, 1.54) is 7.11 Å². The highest BCUT2D eigenvalue weighted by atomic mass is 32.1. The molecule has 3 N–H and O–H groups in total. The van der Waals surface area contributed by atoms with E-state index in [-0.39, 0.29) is 27.9 Å². The molecular weight excluding hydrogens is 358 g/mol. The first-order valence-electron chi connectivity index (χ1n) is 7.70. The zero-order chi connectivity index (χ0) is 19.4. The lowest BCUT2D eigenvalue weighted by Crippen LogP contribution is -2.30. The summed E-state index contributed by atoms with van der Waals surface area (Å²) in [6.45, 7) is 2.23. The number of nitrogens with zero attached hydrogens (tertiary/aromatic N) is 3. The first-order valence-corrected chi connectivity index (χ1v) is 8.52. The zero-order valence-electron chi connectivity index (χ0n) is 15.0. The minimum Gasteiger partial charge on any atom is -0.465 e. The summed E-state index contributed by atoms with van der Waals surface area (Å²) in [5, 5.41) is 7.01. The predicted molar refractivity (Wildman–Crippen MR) is 97.1 cm³/mol. The van der Waals surface area contributed by atoms with E-state index in [0.717, 1.165) is 16.9 Å². The number of aromatic nitrogens is 2. The van der Waals surface area contributed by atoms with Gasteiger partial charge in [0, 0.05) is 25.4 Å². The molecular formula is C16H21N5O4S. The molecule has 0 saturated carbocycles. The number of likely N-dealkylation sites (N-methyl/N-ethyl adjacent to an activating group) is 1. The van der Waals surface area contributed by atoms with Crippen LogP contribution in [0.15, 0.2) is 12.4 Å².